The van der Waals surface area contributed by atoms with Gasteiger partial charge in [-0.25, -0.2) is 4.98 Å². The van der Waals surface area contributed by atoms with Crippen LogP contribution in [0.25, 0.3) is 0 Å². The van der Waals surface area contributed by atoms with E-state index in [-0.39, 0.29) is 0 Å². The molecule has 0 atom stereocenters. The summed E-state index contributed by atoms with van der Waals surface area (Å²) >= 11 is 5.97. The van der Waals surface area contributed by atoms with Crippen molar-refractivity contribution in [3.63, 3.8) is 0 Å². The minimum Gasteiger partial charge on any atom is -0.354 e. The van der Waals surface area contributed by atoms with Crippen LogP contribution in [0.5, 0.6) is 0 Å². The van der Waals surface area contributed by atoms with Crippen LogP contribution in [0, 0.1) is 6.92 Å². The summed E-state index contributed by atoms with van der Waals surface area (Å²) in [6.45, 7) is 4.93. The molecule has 0 aliphatic carbocycles. The molecular weight excluding hydrogens is 260 g/mol. The molecule has 0 amide bonds. The summed E-state index contributed by atoms with van der Waals surface area (Å²) in [7, 11) is 0. The number of anilines is 3. The standard InChI is InChI=1S/C14H17ClN4/c1-3-7-16-14-17-9-10(2)13(19-14)18-12-6-4-5-11(15)8-12/h4-6,8-9H,3,7H2,1-2H3,(H2,16,17,18,19). The highest BCUT2D eigenvalue weighted by atomic mass is 35.5. The van der Waals surface area contributed by atoms with Crippen molar-refractivity contribution in [1.29, 1.82) is 0 Å². The summed E-state index contributed by atoms with van der Waals surface area (Å²) < 4.78 is 0. The number of benzene rings is 1. The molecule has 1 aromatic heterocycles. The summed E-state index contributed by atoms with van der Waals surface area (Å²) in [5.74, 6) is 1.42. The lowest BCUT2D eigenvalue weighted by atomic mass is 10.3. The second kappa shape index (κ2) is 6.38. The van der Waals surface area contributed by atoms with Gasteiger partial charge in [0.25, 0.3) is 0 Å². The summed E-state index contributed by atoms with van der Waals surface area (Å²) in [6.07, 6.45) is 2.84. The van der Waals surface area contributed by atoms with Gasteiger partial charge < -0.3 is 10.6 Å². The lowest BCUT2D eigenvalue weighted by molar-refractivity contribution is 0.950. The largest absolute Gasteiger partial charge is 0.354 e. The molecule has 0 unspecified atom stereocenters. The van der Waals surface area contributed by atoms with E-state index >= 15 is 0 Å². The van der Waals surface area contributed by atoms with Gasteiger partial charge in [-0.15, -0.1) is 0 Å². The van der Waals surface area contributed by atoms with Crippen molar-refractivity contribution in [3.05, 3.63) is 41.0 Å². The number of halogens is 1. The van der Waals surface area contributed by atoms with Crippen LogP contribution in [0.3, 0.4) is 0 Å². The van der Waals surface area contributed by atoms with Crippen molar-refractivity contribution >= 4 is 29.1 Å². The van der Waals surface area contributed by atoms with Crippen LogP contribution in [0.4, 0.5) is 17.5 Å². The number of aromatic nitrogens is 2. The zero-order chi connectivity index (χ0) is 13.7. The molecule has 0 radical (unpaired) electrons. The molecule has 2 aromatic rings. The number of nitrogens with zero attached hydrogens (tertiary/aromatic N) is 2. The highest BCUT2D eigenvalue weighted by Gasteiger charge is 2.04. The van der Waals surface area contributed by atoms with E-state index in [9.17, 15) is 0 Å². The average molecular weight is 277 g/mol. The minimum atomic E-state index is 0.636. The number of rotatable bonds is 5. The van der Waals surface area contributed by atoms with E-state index in [1.54, 1.807) is 6.20 Å². The fourth-order valence-corrected chi connectivity index (χ4v) is 1.78. The summed E-state index contributed by atoms with van der Waals surface area (Å²) in [5, 5.41) is 7.12. The van der Waals surface area contributed by atoms with E-state index in [1.807, 2.05) is 31.2 Å². The second-order valence-electron chi connectivity index (χ2n) is 4.29. The quantitative estimate of drug-likeness (QED) is 0.866. The van der Waals surface area contributed by atoms with Crippen molar-refractivity contribution in [3.8, 4) is 0 Å². The Kier molecular flexibility index (Phi) is 4.58. The van der Waals surface area contributed by atoms with E-state index < -0.39 is 0 Å². The van der Waals surface area contributed by atoms with Crippen LogP contribution in [-0.2, 0) is 0 Å². The Morgan fingerprint density at radius 3 is 2.89 bits per heavy atom. The Morgan fingerprint density at radius 2 is 2.16 bits per heavy atom. The molecule has 0 saturated carbocycles. The Balaban J connectivity index is 2.19. The maximum absolute atomic E-state index is 5.97. The zero-order valence-corrected chi connectivity index (χ0v) is 11.8. The minimum absolute atomic E-state index is 0.636. The van der Waals surface area contributed by atoms with Crippen LogP contribution in [-0.4, -0.2) is 16.5 Å². The van der Waals surface area contributed by atoms with Gasteiger partial charge in [-0.05, 0) is 31.5 Å². The monoisotopic (exact) mass is 276 g/mol. The summed E-state index contributed by atoms with van der Waals surface area (Å²) in [6, 6.07) is 7.56. The van der Waals surface area contributed by atoms with E-state index in [2.05, 4.69) is 27.5 Å². The molecule has 2 rings (SSSR count). The Morgan fingerprint density at radius 1 is 1.32 bits per heavy atom. The molecule has 0 saturated heterocycles. The summed E-state index contributed by atoms with van der Waals surface area (Å²) in [4.78, 5) is 8.71. The van der Waals surface area contributed by atoms with Gasteiger partial charge in [0.05, 0.1) is 0 Å². The second-order valence-corrected chi connectivity index (χ2v) is 4.72. The maximum atomic E-state index is 5.97. The van der Waals surface area contributed by atoms with Gasteiger partial charge in [-0.2, -0.15) is 4.98 Å². The lowest BCUT2D eigenvalue weighted by Crippen LogP contribution is -2.06. The SMILES string of the molecule is CCCNc1ncc(C)c(Nc2cccc(Cl)c2)n1. The molecule has 0 aliphatic rings. The van der Waals surface area contributed by atoms with E-state index in [0.29, 0.717) is 11.0 Å². The van der Waals surface area contributed by atoms with Crippen LogP contribution in [0.2, 0.25) is 5.02 Å². The topological polar surface area (TPSA) is 49.8 Å². The Bertz CT molecular complexity index is 557. The molecule has 1 heterocycles. The van der Waals surface area contributed by atoms with Crippen molar-refractivity contribution in [1.82, 2.24) is 9.97 Å². The molecule has 0 fully saturated rings. The smallest absolute Gasteiger partial charge is 0.224 e. The average Bonchev–Trinajstić information content (AvgIpc) is 2.40. The first-order valence-electron chi connectivity index (χ1n) is 6.29. The molecule has 0 spiro atoms. The molecule has 19 heavy (non-hydrogen) atoms. The van der Waals surface area contributed by atoms with Gasteiger partial charge >= 0.3 is 0 Å². The van der Waals surface area contributed by atoms with Gasteiger partial charge in [0.15, 0.2) is 0 Å². The predicted molar refractivity (Wildman–Crippen MR) is 80.3 cm³/mol. The van der Waals surface area contributed by atoms with Gasteiger partial charge in [0, 0.05) is 29.0 Å². The lowest BCUT2D eigenvalue weighted by Gasteiger charge is -2.10. The van der Waals surface area contributed by atoms with Gasteiger partial charge in [0.2, 0.25) is 5.95 Å². The van der Waals surface area contributed by atoms with E-state index in [0.717, 1.165) is 30.0 Å². The molecule has 2 N–H and O–H groups in total. The third kappa shape index (κ3) is 3.83. The zero-order valence-electron chi connectivity index (χ0n) is 11.1. The predicted octanol–water partition coefficient (Wildman–Crippen LogP) is 4.00. The molecule has 4 nitrogen and oxygen atoms in total. The Labute approximate surface area is 118 Å². The first-order valence-corrected chi connectivity index (χ1v) is 6.67. The molecule has 0 bridgehead atoms. The van der Waals surface area contributed by atoms with Gasteiger partial charge in [0.1, 0.15) is 5.82 Å². The first kappa shape index (κ1) is 13.6. The van der Waals surface area contributed by atoms with Crippen molar-refractivity contribution in [2.24, 2.45) is 0 Å². The molecule has 1 aromatic carbocycles. The van der Waals surface area contributed by atoms with Gasteiger partial charge in [-0.1, -0.05) is 24.6 Å². The summed E-state index contributed by atoms with van der Waals surface area (Å²) in [5.41, 5.74) is 1.90. The molecular formula is C14H17ClN4. The van der Waals surface area contributed by atoms with Crippen molar-refractivity contribution < 1.29 is 0 Å². The van der Waals surface area contributed by atoms with Crippen LogP contribution < -0.4 is 10.6 Å². The third-order valence-electron chi connectivity index (χ3n) is 2.59. The van der Waals surface area contributed by atoms with Crippen LogP contribution >= 0.6 is 11.6 Å². The van der Waals surface area contributed by atoms with Crippen LogP contribution in [0.15, 0.2) is 30.5 Å². The molecule has 0 aliphatic heterocycles. The van der Waals surface area contributed by atoms with Crippen LogP contribution in [0.1, 0.15) is 18.9 Å². The van der Waals surface area contributed by atoms with E-state index in [4.69, 9.17) is 11.6 Å². The van der Waals surface area contributed by atoms with Crippen molar-refractivity contribution in [2.75, 3.05) is 17.2 Å². The maximum Gasteiger partial charge on any atom is 0.224 e. The molecule has 5 heteroatoms. The first-order chi connectivity index (χ1) is 9.19. The highest BCUT2D eigenvalue weighted by molar-refractivity contribution is 6.30. The Hall–Kier alpha value is -1.81. The fraction of sp³-hybridized carbons (Fsp3) is 0.286. The fourth-order valence-electron chi connectivity index (χ4n) is 1.59. The highest BCUT2D eigenvalue weighted by Crippen LogP contribution is 2.21. The number of hydrogen-bond donors (Lipinski definition) is 2. The van der Waals surface area contributed by atoms with E-state index in [1.165, 1.54) is 0 Å². The number of hydrogen-bond acceptors (Lipinski definition) is 4. The number of nitrogens with one attached hydrogen (secondary N) is 2. The molecule has 100 valence electrons. The third-order valence-corrected chi connectivity index (χ3v) is 2.83. The number of aryl methyl sites for hydroxylation is 1. The normalized spacial score (nSPS) is 10.3. The van der Waals surface area contributed by atoms with Crippen molar-refractivity contribution in [2.45, 2.75) is 20.3 Å². The van der Waals surface area contributed by atoms with Gasteiger partial charge in [-0.3, -0.25) is 0 Å².